The summed E-state index contributed by atoms with van der Waals surface area (Å²) in [7, 11) is 0. The van der Waals surface area contributed by atoms with Crippen LogP contribution in [0.2, 0.25) is 0 Å². The van der Waals surface area contributed by atoms with Gasteiger partial charge in [0.2, 0.25) is 5.91 Å². The molecule has 2 heterocycles. The number of carbonyl (C=O) groups excluding carboxylic acids is 2. The minimum atomic E-state index is -0.474. The molecular formula is C43H52N4O3. The van der Waals surface area contributed by atoms with E-state index in [1.54, 1.807) is 9.80 Å². The van der Waals surface area contributed by atoms with Crippen LogP contribution in [0.1, 0.15) is 99.1 Å². The number of amides is 3. The summed E-state index contributed by atoms with van der Waals surface area (Å²) >= 11 is 0. The number of anilines is 2. The molecule has 2 aliphatic rings. The van der Waals surface area contributed by atoms with E-state index in [0.717, 1.165) is 57.9 Å². The van der Waals surface area contributed by atoms with E-state index in [1.165, 1.54) is 32.4 Å². The molecule has 0 spiro atoms. The number of urea groups is 1. The number of nitrogens with zero attached hydrogens (tertiary/aromatic N) is 3. The van der Waals surface area contributed by atoms with Crippen molar-refractivity contribution in [2.45, 2.75) is 77.8 Å². The number of hydrogen-bond donors (Lipinski definition) is 1. The number of likely N-dealkylation sites (tertiary alicyclic amines) is 1. The second-order valence-corrected chi connectivity index (χ2v) is 14.3. The molecule has 4 aromatic carbocycles. The van der Waals surface area contributed by atoms with Gasteiger partial charge in [-0.25, -0.2) is 4.79 Å². The predicted octanol–water partition coefficient (Wildman–Crippen LogP) is 9.36. The number of benzene rings is 4. The summed E-state index contributed by atoms with van der Waals surface area (Å²) in [5.74, 6) is 1.01. The summed E-state index contributed by atoms with van der Waals surface area (Å²) in [5.41, 5.74) is 6.79. The van der Waals surface area contributed by atoms with Crippen LogP contribution in [-0.4, -0.2) is 54.5 Å². The first-order chi connectivity index (χ1) is 24.3. The zero-order valence-electron chi connectivity index (χ0n) is 30.1. The minimum absolute atomic E-state index is 0.103. The number of nitrogens with one attached hydrogen (secondary N) is 1. The second-order valence-electron chi connectivity index (χ2n) is 14.3. The summed E-state index contributed by atoms with van der Waals surface area (Å²) in [6.45, 7) is 12.9. The Morgan fingerprint density at radius 1 is 0.820 bits per heavy atom. The topological polar surface area (TPSA) is 65.1 Å². The third-order valence-corrected chi connectivity index (χ3v) is 9.96. The Morgan fingerprint density at radius 3 is 2.22 bits per heavy atom. The molecule has 1 atom stereocenters. The highest BCUT2D eigenvalue weighted by Crippen LogP contribution is 2.42. The van der Waals surface area contributed by atoms with Crippen LogP contribution in [0.4, 0.5) is 16.2 Å². The normalized spacial score (nSPS) is 16.5. The van der Waals surface area contributed by atoms with E-state index in [1.807, 2.05) is 72.8 Å². The Labute approximate surface area is 298 Å². The van der Waals surface area contributed by atoms with E-state index in [-0.39, 0.29) is 30.3 Å². The van der Waals surface area contributed by atoms with Crippen LogP contribution in [0.15, 0.2) is 97.1 Å². The number of ether oxygens (including phenoxy) is 1. The third-order valence-electron chi connectivity index (χ3n) is 9.96. The number of para-hydroxylation sites is 2. The molecule has 0 aliphatic carbocycles. The lowest BCUT2D eigenvalue weighted by Crippen LogP contribution is -2.51. The van der Waals surface area contributed by atoms with Crippen molar-refractivity contribution in [3.63, 3.8) is 0 Å². The van der Waals surface area contributed by atoms with Crippen LogP contribution >= 0.6 is 0 Å². The van der Waals surface area contributed by atoms with E-state index in [9.17, 15) is 9.59 Å². The first-order valence-electron chi connectivity index (χ1n) is 18.4. The van der Waals surface area contributed by atoms with Crippen LogP contribution < -0.4 is 15.0 Å². The van der Waals surface area contributed by atoms with Gasteiger partial charge >= 0.3 is 6.03 Å². The fourth-order valence-corrected chi connectivity index (χ4v) is 7.40. The summed E-state index contributed by atoms with van der Waals surface area (Å²) < 4.78 is 6.29. The molecule has 50 heavy (non-hydrogen) atoms. The fourth-order valence-electron chi connectivity index (χ4n) is 7.40. The monoisotopic (exact) mass is 672 g/mol. The molecule has 1 fully saturated rings. The SMILES string of the molecule is CC(C)c1cccc(C(C)C)c1NC(=O)CN1C(=O)N(Cc2ccccc2)c2ccccc2C1c1cccc(OCCCN2CCCCC2)c1. The van der Waals surface area contributed by atoms with Gasteiger partial charge in [0, 0.05) is 17.8 Å². The summed E-state index contributed by atoms with van der Waals surface area (Å²) in [5, 5.41) is 3.26. The Kier molecular flexibility index (Phi) is 11.5. The van der Waals surface area contributed by atoms with Crippen LogP contribution in [-0.2, 0) is 11.3 Å². The van der Waals surface area contributed by atoms with Gasteiger partial charge in [0.15, 0.2) is 0 Å². The van der Waals surface area contributed by atoms with E-state index in [0.29, 0.717) is 13.2 Å². The third kappa shape index (κ3) is 8.22. The van der Waals surface area contributed by atoms with Crippen molar-refractivity contribution in [2.24, 2.45) is 0 Å². The van der Waals surface area contributed by atoms with Crippen molar-refractivity contribution >= 4 is 23.3 Å². The van der Waals surface area contributed by atoms with Crippen molar-refractivity contribution in [3.8, 4) is 5.75 Å². The highest BCUT2D eigenvalue weighted by molar-refractivity contribution is 6.01. The van der Waals surface area contributed by atoms with Gasteiger partial charge in [-0.1, -0.05) is 113 Å². The second kappa shape index (κ2) is 16.4. The number of rotatable bonds is 13. The summed E-state index contributed by atoms with van der Waals surface area (Å²) in [6.07, 6.45) is 4.86. The molecule has 262 valence electrons. The molecule has 1 unspecified atom stereocenters. The van der Waals surface area contributed by atoms with Gasteiger partial charge < -0.3 is 19.9 Å². The van der Waals surface area contributed by atoms with Gasteiger partial charge in [-0.05, 0) is 84.6 Å². The lowest BCUT2D eigenvalue weighted by atomic mass is 9.92. The van der Waals surface area contributed by atoms with Crippen LogP contribution in [0.25, 0.3) is 0 Å². The maximum absolute atomic E-state index is 14.7. The summed E-state index contributed by atoms with van der Waals surface area (Å²) in [6, 6.07) is 31.7. The maximum atomic E-state index is 14.7. The van der Waals surface area contributed by atoms with Crippen molar-refractivity contribution in [3.05, 3.63) is 125 Å². The number of carbonyl (C=O) groups is 2. The Balaban J connectivity index is 1.31. The van der Waals surface area contributed by atoms with Crippen molar-refractivity contribution in [1.82, 2.24) is 9.80 Å². The lowest BCUT2D eigenvalue weighted by molar-refractivity contribution is -0.117. The Morgan fingerprint density at radius 2 is 1.50 bits per heavy atom. The first-order valence-corrected chi connectivity index (χ1v) is 18.4. The predicted molar refractivity (Wildman–Crippen MR) is 203 cm³/mol. The molecule has 2 aliphatic heterocycles. The van der Waals surface area contributed by atoms with E-state index < -0.39 is 6.04 Å². The van der Waals surface area contributed by atoms with Crippen molar-refractivity contribution < 1.29 is 14.3 Å². The average Bonchev–Trinajstić information content (AvgIpc) is 3.13. The zero-order chi connectivity index (χ0) is 35.0. The zero-order valence-corrected chi connectivity index (χ0v) is 30.1. The number of fused-ring (bicyclic) bond motifs is 1. The van der Waals surface area contributed by atoms with E-state index in [2.05, 4.69) is 62.2 Å². The number of hydrogen-bond acceptors (Lipinski definition) is 4. The summed E-state index contributed by atoms with van der Waals surface area (Å²) in [4.78, 5) is 34.9. The van der Waals surface area contributed by atoms with Crippen LogP contribution in [0, 0.1) is 0 Å². The molecule has 7 nitrogen and oxygen atoms in total. The van der Waals surface area contributed by atoms with E-state index >= 15 is 0 Å². The van der Waals surface area contributed by atoms with Crippen molar-refractivity contribution in [1.29, 1.82) is 0 Å². The fraction of sp³-hybridized carbons (Fsp3) is 0.395. The first kappa shape index (κ1) is 35.2. The van der Waals surface area contributed by atoms with Gasteiger partial charge in [-0.2, -0.15) is 0 Å². The number of piperidine rings is 1. The smallest absolute Gasteiger partial charge is 0.326 e. The Bertz CT molecular complexity index is 1720. The molecule has 3 amide bonds. The average molecular weight is 673 g/mol. The largest absolute Gasteiger partial charge is 0.494 e. The lowest BCUT2D eigenvalue weighted by Gasteiger charge is -2.43. The molecule has 0 bridgehead atoms. The molecule has 0 saturated carbocycles. The molecule has 0 radical (unpaired) electrons. The molecule has 7 heteroatoms. The molecule has 0 aromatic heterocycles. The van der Waals surface area contributed by atoms with Crippen molar-refractivity contribution in [2.75, 3.05) is 43.0 Å². The molecule has 4 aromatic rings. The highest BCUT2D eigenvalue weighted by Gasteiger charge is 2.39. The molecule has 6 rings (SSSR count). The van der Waals surface area contributed by atoms with Gasteiger partial charge in [0.1, 0.15) is 12.3 Å². The Hall–Kier alpha value is -4.62. The van der Waals surface area contributed by atoms with Crippen LogP contribution in [0.3, 0.4) is 0 Å². The molecule has 1 saturated heterocycles. The minimum Gasteiger partial charge on any atom is -0.494 e. The van der Waals surface area contributed by atoms with E-state index in [4.69, 9.17) is 4.74 Å². The van der Waals surface area contributed by atoms with Gasteiger partial charge in [0.05, 0.1) is 24.9 Å². The standard InChI is InChI=1S/C43H52N4O3/c1-31(2)36-21-14-22-37(32(3)4)41(36)44-40(48)30-47-42(34-18-13-19-35(28-34)50-27-15-26-45-24-11-6-12-25-45)38-20-9-10-23-39(38)46(43(47)49)29-33-16-7-5-8-17-33/h5,7-10,13-14,16-23,28,31-32,42H,6,11-12,15,24-27,29-30H2,1-4H3,(H,44,48). The highest BCUT2D eigenvalue weighted by atomic mass is 16.5. The van der Waals surface area contributed by atoms with Gasteiger partial charge in [-0.15, -0.1) is 0 Å². The van der Waals surface area contributed by atoms with Gasteiger partial charge in [0.25, 0.3) is 0 Å². The quantitative estimate of drug-likeness (QED) is 0.144. The molecular weight excluding hydrogens is 620 g/mol. The van der Waals surface area contributed by atoms with Gasteiger partial charge in [-0.3, -0.25) is 9.69 Å². The van der Waals surface area contributed by atoms with Crippen LogP contribution in [0.5, 0.6) is 5.75 Å². The maximum Gasteiger partial charge on any atom is 0.326 e. The molecule has 1 N–H and O–H groups in total.